The molecule has 1 aliphatic rings. The van der Waals surface area contributed by atoms with Crippen molar-refractivity contribution in [3.05, 3.63) is 0 Å². The molecule has 2 unspecified atom stereocenters. The third kappa shape index (κ3) is 4.59. The summed E-state index contributed by atoms with van der Waals surface area (Å²) < 4.78 is 10.7. The lowest BCUT2D eigenvalue weighted by Gasteiger charge is -2.35. The molecule has 1 saturated heterocycles. The van der Waals surface area contributed by atoms with Crippen LogP contribution in [0.4, 0.5) is 4.79 Å². The average Bonchev–Trinajstić information content (AvgIpc) is 2.50. The van der Waals surface area contributed by atoms with E-state index in [1.54, 1.807) is 48.5 Å². The minimum atomic E-state index is -1.21. The number of nitrogens with zero attached hydrogens (tertiary/aromatic N) is 1. The second-order valence-corrected chi connectivity index (χ2v) is 7.72. The van der Waals surface area contributed by atoms with Crippen molar-refractivity contribution in [2.45, 2.75) is 77.7 Å². The zero-order valence-electron chi connectivity index (χ0n) is 14.0. The van der Waals surface area contributed by atoms with Gasteiger partial charge >= 0.3 is 12.1 Å². The molecular formula is C15H27NO5. The minimum absolute atomic E-state index is 0.0602. The fourth-order valence-corrected chi connectivity index (χ4v) is 2.22. The van der Waals surface area contributed by atoms with Crippen molar-refractivity contribution in [1.29, 1.82) is 0 Å². The molecular weight excluding hydrogens is 274 g/mol. The highest BCUT2D eigenvalue weighted by Gasteiger charge is 2.52. The number of carbonyl (C=O) groups is 2. The first kappa shape index (κ1) is 17.8. The molecule has 21 heavy (non-hydrogen) atoms. The highest BCUT2D eigenvalue weighted by atomic mass is 16.6. The topological polar surface area (TPSA) is 76.1 Å². The van der Waals surface area contributed by atoms with E-state index in [4.69, 9.17) is 9.47 Å². The summed E-state index contributed by atoms with van der Waals surface area (Å²) in [6.07, 6.45) is -1.25. The molecule has 6 heteroatoms. The first-order valence-electron chi connectivity index (χ1n) is 7.17. The van der Waals surface area contributed by atoms with Crippen LogP contribution in [0.5, 0.6) is 0 Å². The van der Waals surface area contributed by atoms with Gasteiger partial charge in [-0.05, 0) is 48.5 Å². The maximum absolute atomic E-state index is 12.4. The van der Waals surface area contributed by atoms with Gasteiger partial charge in [-0.25, -0.2) is 9.59 Å². The number of hydrogen-bond acceptors (Lipinski definition) is 5. The SMILES string of the molecule is CC(C)(C)OC(=O)N1CC(O)CC1(C)C(=O)OC(C)(C)C. The Balaban J connectivity index is 2.96. The van der Waals surface area contributed by atoms with Crippen molar-refractivity contribution in [2.75, 3.05) is 6.54 Å². The molecule has 1 heterocycles. The largest absolute Gasteiger partial charge is 0.458 e. The number of rotatable bonds is 1. The Labute approximate surface area is 126 Å². The Bertz CT molecular complexity index is 421. The van der Waals surface area contributed by atoms with Crippen LogP contribution < -0.4 is 0 Å². The van der Waals surface area contributed by atoms with Crippen LogP contribution in [0.3, 0.4) is 0 Å². The molecule has 0 aromatic heterocycles. The second kappa shape index (κ2) is 5.48. The van der Waals surface area contributed by atoms with Crippen LogP contribution in [0.1, 0.15) is 54.9 Å². The van der Waals surface area contributed by atoms with Gasteiger partial charge in [-0.15, -0.1) is 0 Å². The van der Waals surface area contributed by atoms with Gasteiger partial charge in [0, 0.05) is 6.42 Å². The van der Waals surface area contributed by atoms with Crippen molar-refractivity contribution < 1.29 is 24.2 Å². The molecule has 1 aliphatic heterocycles. The van der Waals surface area contributed by atoms with E-state index in [2.05, 4.69) is 0 Å². The summed E-state index contributed by atoms with van der Waals surface area (Å²) in [5.41, 5.74) is -2.54. The average molecular weight is 301 g/mol. The molecule has 1 amide bonds. The number of hydrogen-bond donors (Lipinski definition) is 1. The van der Waals surface area contributed by atoms with Crippen molar-refractivity contribution in [3.63, 3.8) is 0 Å². The van der Waals surface area contributed by atoms with E-state index < -0.39 is 34.9 Å². The third-order valence-electron chi connectivity index (χ3n) is 3.07. The van der Waals surface area contributed by atoms with E-state index in [-0.39, 0.29) is 13.0 Å². The maximum atomic E-state index is 12.4. The first-order valence-corrected chi connectivity index (χ1v) is 7.17. The monoisotopic (exact) mass is 301 g/mol. The molecule has 0 aromatic carbocycles. The predicted molar refractivity (Wildman–Crippen MR) is 77.8 cm³/mol. The van der Waals surface area contributed by atoms with Gasteiger partial charge in [-0.3, -0.25) is 4.90 Å². The van der Waals surface area contributed by atoms with Gasteiger partial charge < -0.3 is 14.6 Å². The molecule has 1 rings (SSSR count). The first-order chi connectivity index (χ1) is 9.24. The number of esters is 1. The minimum Gasteiger partial charge on any atom is -0.458 e. The van der Waals surface area contributed by atoms with Gasteiger partial charge in [-0.2, -0.15) is 0 Å². The quantitative estimate of drug-likeness (QED) is 0.750. The van der Waals surface area contributed by atoms with Crippen molar-refractivity contribution in [3.8, 4) is 0 Å². The van der Waals surface area contributed by atoms with Gasteiger partial charge in [0.2, 0.25) is 0 Å². The van der Waals surface area contributed by atoms with Crippen LogP contribution in [0.15, 0.2) is 0 Å². The summed E-state index contributed by atoms with van der Waals surface area (Å²) in [6, 6.07) is 0. The Morgan fingerprint density at radius 2 is 1.57 bits per heavy atom. The van der Waals surface area contributed by atoms with Gasteiger partial charge in [0.1, 0.15) is 16.7 Å². The normalized spacial score (nSPS) is 26.7. The number of β-amino-alcohol motifs (C(OH)–C–C–N with tert-alkyl or cyclic N) is 1. The summed E-state index contributed by atoms with van der Waals surface area (Å²) >= 11 is 0. The van der Waals surface area contributed by atoms with Gasteiger partial charge in [0.25, 0.3) is 0 Å². The van der Waals surface area contributed by atoms with Crippen molar-refractivity contribution >= 4 is 12.1 Å². The molecule has 0 aromatic rings. The fraction of sp³-hybridized carbons (Fsp3) is 0.867. The molecule has 1 fully saturated rings. The maximum Gasteiger partial charge on any atom is 0.411 e. The van der Waals surface area contributed by atoms with E-state index >= 15 is 0 Å². The summed E-state index contributed by atoms with van der Waals surface area (Å²) in [5, 5.41) is 9.87. The number of amides is 1. The Kier molecular flexibility index (Phi) is 4.63. The number of carbonyl (C=O) groups excluding carboxylic acids is 2. The highest BCUT2D eigenvalue weighted by Crippen LogP contribution is 2.33. The summed E-state index contributed by atoms with van der Waals surface area (Å²) in [4.78, 5) is 26.0. The van der Waals surface area contributed by atoms with Crippen molar-refractivity contribution in [2.24, 2.45) is 0 Å². The van der Waals surface area contributed by atoms with Crippen LogP contribution in [-0.2, 0) is 14.3 Å². The number of ether oxygens (including phenoxy) is 2. The van der Waals surface area contributed by atoms with E-state index in [1.807, 2.05) is 0 Å². The lowest BCUT2D eigenvalue weighted by atomic mass is 9.98. The lowest BCUT2D eigenvalue weighted by molar-refractivity contribution is -0.166. The van der Waals surface area contributed by atoms with Crippen LogP contribution in [-0.4, -0.2) is 51.5 Å². The Hall–Kier alpha value is -1.30. The molecule has 0 aliphatic carbocycles. The van der Waals surface area contributed by atoms with E-state index in [0.29, 0.717) is 0 Å². The fourth-order valence-electron chi connectivity index (χ4n) is 2.22. The van der Waals surface area contributed by atoms with E-state index in [9.17, 15) is 14.7 Å². The standard InChI is InChI=1S/C15H27NO5/c1-13(2,3)20-11(18)15(7)8-10(17)9-16(15)12(19)21-14(4,5)6/h10,17H,8-9H2,1-7H3. The molecule has 122 valence electrons. The van der Waals surface area contributed by atoms with E-state index in [0.717, 1.165) is 0 Å². The zero-order chi connectivity index (χ0) is 16.6. The van der Waals surface area contributed by atoms with Gasteiger partial charge in [0.15, 0.2) is 0 Å². The number of aliphatic hydroxyl groups is 1. The lowest BCUT2D eigenvalue weighted by Crippen LogP contribution is -2.54. The molecule has 0 bridgehead atoms. The van der Waals surface area contributed by atoms with E-state index in [1.165, 1.54) is 4.90 Å². The molecule has 2 atom stereocenters. The smallest absolute Gasteiger partial charge is 0.411 e. The van der Waals surface area contributed by atoms with Crippen LogP contribution in [0.2, 0.25) is 0 Å². The molecule has 0 spiro atoms. The Morgan fingerprint density at radius 1 is 1.10 bits per heavy atom. The second-order valence-electron chi connectivity index (χ2n) is 7.72. The Morgan fingerprint density at radius 3 is 2.00 bits per heavy atom. The summed E-state index contributed by atoms with van der Waals surface area (Å²) in [7, 11) is 0. The molecule has 6 nitrogen and oxygen atoms in total. The molecule has 0 radical (unpaired) electrons. The van der Waals surface area contributed by atoms with Gasteiger partial charge in [0.05, 0.1) is 12.6 Å². The van der Waals surface area contributed by atoms with Crippen LogP contribution in [0, 0.1) is 0 Å². The number of aliphatic hydroxyl groups excluding tert-OH is 1. The zero-order valence-corrected chi connectivity index (χ0v) is 14.0. The van der Waals surface area contributed by atoms with Crippen LogP contribution in [0.25, 0.3) is 0 Å². The van der Waals surface area contributed by atoms with Gasteiger partial charge in [-0.1, -0.05) is 0 Å². The predicted octanol–water partition coefficient (Wildman–Crippen LogP) is 2.09. The highest BCUT2D eigenvalue weighted by molar-refractivity contribution is 5.86. The van der Waals surface area contributed by atoms with Crippen molar-refractivity contribution in [1.82, 2.24) is 4.90 Å². The van der Waals surface area contributed by atoms with Crippen LogP contribution >= 0.6 is 0 Å². The summed E-state index contributed by atoms with van der Waals surface area (Å²) in [5.74, 6) is -0.530. The number of likely N-dealkylation sites (tertiary alicyclic amines) is 1. The molecule has 1 N–H and O–H groups in total. The molecule has 0 saturated carbocycles. The summed E-state index contributed by atoms with van der Waals surface area (Å²) in [6.45, 7) is 12.2. The third-order valence-corrected chi connectivity index (χ3v) is 3.07.